The summed E-state index contributed by atoms with van der Waals surface area (Å²) in [6.07, 6.45) is 10.0. The van der Waals surface area contributed by atoms with Gasteiger partial charge >= 0.3 is 5.97 Å². The number of carbonyl (C=O) groups excluding carboxylic acids is 2. The van der Waals surface area contributed by atoms with Crippen molar-refractivity contribution in [1.82, 2.24) is 15.3 Å². The predicted octanol–water partition coefficient (Wildman–Crippen LogP) is 5.88. The smallest absolute Gasteiger partial charge is 0.328 e. The number of hydrogen-bond donors (Lipinski definition) is 2. The molecule has 0 aliphatic carbocycles. The third kappa shape index (κ3) is 10.6. The molecule has 0 aliphatic heterocycles. The number of aromatic nitrogens is 2. The van der Waals surface area contributed by atoms with Gasteiger partial charge in [0, 0.05) is 23.5 Å². The van der Waals surface area contributed by atoms with Crippen molar-refractivity contribution in [2.24, 2.45) is 5.73 Å². The number of ether oxygens (including phenoxy) is 2. The lowest BCUT2D eigenvalue weighted by atomic mass is 10.0. The van der Waals surface area contributed by atoms with E-state index in [1.54, 1.807) is 27.7 Å². The van der Waals surface area contributed by atoms with Gasteiger partial charge in [0.15, 0.2) is 5.82 Å². The molecule has 3 aromatic rings. The lowest BCUT2D eigenvalue weighted by Crippen LogP contribution is -2.49. The zero-order chi connectivity index (χ0) is 29.8. The largest absolute Gasteiger partial charge is 0.494 e. The topological polar surface area (TPSA) is 116 Å². The Morgan fingerprint density at radius 1 is 0.878 bits per heavy atom. The molecule has 8 heteroatoms. The van der Waals surface area contributed by atoms with Gasteiger partial charge in [-0.1, -0.05) is 69.0 Å². The Kier molecular flexibility index (Phi) is 11.8. The van der Waals surface area contributed by atoms with E-state index in [1.165, 1.54) is 25.7 Å². The highest BCUT2D eigenvalue weighted by Gasteiger charge is 2.25. The van der Waals surface area contributed by atoms with E-state index in [0.29, 0.717) is 12.2 Å². The molecule has 1 amide bonds. The highest BCUT2D eigenvalue weighted by atomic mass is 16.6. The number of hydrogen-bond acceptors (Lipinski definition) is 7. The van der Waals surface area contributed by atoms with Crippen LogP contribution in [0, 0.1) is 0 Å². The Balaban J connectivity index is 1.50. The molecule has 3 N–H and O–H groups in total. The maximum Gasteiger partial charge on any atom is 0.328 e. The third-order valence-electron chi connectivity index (χ3n) is 6.48. The van der Waals surface area contributed by atoms with E-state index in [0.717, 1.165) is 41.0 Å². The Hall–Kier alpha value is -3.78. The number of nitrogens with one attached hydrogen (secondary N) is 1. The minimum Gasteiger partial charge on any atom is -0.494 e. The first-order chi connectivity index (χ1) is 19.6. The van der Waals surface area contributed by atoms with Crippen molar-refractivity contribution in [1.29, 1.82) is 0 Å². The lowest BCUT2D eigenvalue weighted by Gasteiger charge is -2.23. The third-order valence-corrected chi connectivity index (χ3v) is 6.48. The van der Waals surface area contributed by atoms with Crippen LogP contribution in [0.2, 0.25) is 0 Å². The predicted molar refractivity (Wildman–Crippen MR) is 162 cm³/mol. The molecule has 1 heterocycles. The van der Waals surface area contributed by atoms with Crippen LogP contribution in [0.15, 0.2) is 60.9 Å². The van der Waals surface area contributed by atoms with Crippen LogP contribution in [0.25, 0.3) is 22.5 Å². The zero-order valence-corrected chi connectivity index (χ0v) is 25.0. The van der Waals surface area contributed by atoms with Crippen LogP contribution in [0.5, 0.6) is 5.75 Å². The van der Waals surface area contributed by atoms with Gasteiger partial charge in [0.05, 0.1) is 12.6 Å². The highest BCUT2D eigenvalue weighted by molar-refractivity contribution is 5.87. The molecule has 0 bridgehead atoms. The molecule has 2 aromatic carbocycles. The van der Waals surface area contributed by atoms with E-state index in [2.05, 4.69) is 22.2 Å². The molecular formula is C33H44N4O4. The second-order valence-electron chi connectivity index (χ2n) is 11.4. The summed E-state index contributed by atoms with van der Waals surface area (Å²) in [6, 6.07) is 14.0. The van der Waals surface area contributed by atoms with Crippen molar-refractivity contribution in [3.8, 4) is 28.3 Å². The van der Waals surface area contributed by atoms with Crippen molar-refractivity contribution in [3.63, 3.8) is 0 Å². The van der Waals surface area contributed by atoms with Crippen molar-refractivity contribution in [3.05, 3.63) is 66.5 Å². The second kappa shape index (κ2) is 15.3. The zero-order valence-electron chi connectivity index (χ0n) is 25.0. The van der Waals surface area contributed by atoms with Crippen LogP contribution in [0.3, 0.4) is 0 Å². The van der Waals surface area contributed by atoms with Crippen molar-refractivity contribution >= 4 is 11.9 Å². The molecule has 0 radical (unpaired) electrons. The van der Waals surface area contributed by atoms with E-state index in [4.69, 9.17) is 15.2 Å². The molecule has 8 nitrogen and oxygen atoms in total. The number of nitrogens with two attached hydrogens (primary N) is 1. The van der Waals surface area contributed by atoms with Gasteiger partial charge in [-0.15, -0.1) is 0 Å². The van der Waals surface area contributed by atoms with Crippen molar-refractivity contribution in [2.75, 3.05) is 6.61 Å². The molecule has 1 aromatic heterocycles. The van der Waals surface area contributed by atoms with Crippen molar-refractivity contribution < 1.29 is 19.1 Å². The maximum absolute atomic E-state index is 12.5. The minimum absolute atomic E-state index is 0.325. The Bertz CT molecular complexity index is 1240. The van der Waals surface area contributed by atoms with Crippen molar-refractivity contribution in [2.45, 2.75) is 90.8 Å². The number of nitrogens with zero attached hydrogens (tertiary/aromatic N) is 2. The standard InChI is InChI=1S/C33H44N4O4/c1-6-7-8-9-10-19-40-28-17-15-25(16-18-28)27-21-35-30(36-22-27)26-13-11-24(12-14-26)20-29(34)31(38)37-23(2)32(39)41-33(3,4)5/h11-18,21-23,29H,6-10,19-20,34H2,1-5H3,(H,37,38). The van der Waals surface area contributed by atoms with Gasteiger partial charge in [-0.3, -0.25) is 4.79 Å². The van der Waals surface area contributed by atoms with Crippen LogP contribution in [-0.4, -0.2) is 46.1 Å². The fraction of sp³-hybridized carbons (Fsp3) is 0.455. The minimum atomic E-state index is -0.802. The first-order valence-corrected chi connectivity index (χ1v) is 14.5. The van der Waals surface area contributed by atoms with E-state index >= 15 is 0 Å². The number of amides is 1. The molecule has 0 saturated carbocycles. The van der Waals surface area contributed by atoms with Crippen LogP contribution in [-0.2, 0) is 20.7 Å². The molecule has 2 atom stereocenters. The van der Waals surface area contributed by atoms with Crippen LogP contribution in [0.4, 0.5) is 0 Å². The van der Waals surface area contributed by atoms with Crippen LogP contribution in [0.1, 0.15) is 72.3 Å². The molecule has 3 rings (SSSR count). The Morgan fingerprint density at radius 3 is 2.10 bits per heavy atom. The van der Waals surface area contributed by atoms with Gasteiger partial charge in [-0.25, -0.2) is 14.8 Å². The summed E-state index contributed by atoms with van der Waals surface area (Å²) in [7, 11) is 0. The fourth-order valence-electron chi connectivity index (χ4n) is 4.17. The first kappa shape index (κ1) is 31.7. The molecular weight excluding hydrogens is 516 g/mol. The van der Waals surface area contributed by atoms with Gasteiger partial charge in [0.1, 0.15) is 17.4 Å². The summed E-state index contributed by atoms with van der Waals surface area (Å²) in [6.45, 7) is 9.88. The highest BCUT2D eigenvalue weighted by Crippen LogP contribution is 2.23. The summed E-state index contributed by atoms with van der Waals surface area (Å²) in [5.74, 6) is 0.574. The number of carbonyl (C=O) groups is 2. The SMILES string of the molecule is CCCCCCCOc1ccc(-c2cnc(-c3ccc(CC(N)C(=O)NC(C)C(=O)OC(C)(C)C)cc3)nc2)cc1. The molecule has 0 fully saturated rings. The van der Waals surface area contributed by atoms with E-state index in [9.17, 15) is 9.59 Å². The van der Waals surface area contributed by atoms with E-state index < -0.39 is 29.6 Å². The normalized spacial score (nSPS) is 12.8. The summed E-state index contributed by atoms with van der Waals surface area (Å²) in [4.78, 5) is 33.7. The monoisotopic (exact) mass is 560 g/mol. The number of unbranched alkanes of at least 4 members (excludes halogenated alkanes) is 4. The fourth-order valence-corrected chi connectivity index (χ4v) is 4.17. The Labute approximate surface area is 244 Å². The molecule has 0 aliphatic rings. The molecule has 41 heavy (non-hydrogen) atoms. The Morgan fingerprint density at radius 2 is 1.49 bits per heavy atom. The van der Waals surface area contributed by atoms with Gasteiger partial charge < -0.3 is 20.5 Å². The summed E-state index contributed by atoms with van der Waals surface area (Å²) < 4.78 is 11.2. The number of esters is 1. The van der Waals surface area contributed by atoms with Crippen LogP contribution >= 0.6 is 0 Å². The molecule has 0 saturated heterocycles. The average molecular weight is 561 g/mol. The summed E-state index contributed by atoms with van der Waals surface area (Å²) >= 11 is 0. The van der Waals surface area contributed by atoms with Crippen LogP contribution < -0.4 is 15.8 Å². The van der Waals surface area contributed by atoms with Gasteiger partial charge in [-0.05, 0) is 63.8 Å². The summed E-state index contributed by atoms with van der Waals surface area (Å²) in [5.41, 5.74) is 9.18. The maximum atomic E-state index is 12.5. The quantitative estimate of drug-likeness (QED) is 0.187. The average Bonchev–Trinajstić information content (AvgIpc) is 2.95. The lowest BCUT2D eigenvalue weighted by molar-refractivity contribution is -0.158. The molecule has 2 unspecified atom stereocenters. The van der Waals surface area contributed by atoms with Gasteiger partial charge in [-0.2, -0.15) is 0 Å². The van der Waals surface area contributed by atoms with E-state index in [-0.39, 0.29) is 0 Å². The first-order valence-electron chi connectivity index (χ1n) is 14.5. The van der Waals surface area contributed by atoms with E-state index in [1.807, 2.05) is 60.9 Å². The number of benzene rings is 2. The second-order valence-corrected chi connectivity index (χ2v) is 11.4. The molecule has 0 spiro atoms. The van der Waals surface area contributed by atoms with Gasteiger partial charge in [0.25, 0.3) is 0 Å². The van der Waals surface area contributed by atoms with Gasteiger partial charge in [0.2, 0.25) is 5.91 Å². The summed E-state index contributed by atoms with van der Waals surface area (Å²) in [5, 5.41) is 2.63. The molecule has 220 valence electrons. The number of rotatable bonds is 14.